The molecular weight excluding hydrogens is 294 g/mol. The van der Waals surface area contributed by atoms with E-state index in [4.69, 9.17) is 15.2 Å². The van der Waals surface area contributed by atoms with Gasteiger partial charge in [0.2, 0.25) is 0 Å². The summed E-state index contributed by atoms with van der Waals surface area (Å²) in [5, 5.41) is 0. The molecule has 3 nitrogen and oxygen atoms in total. The Morgan fingerprint density at radius 3 is 2.56 bits per heavy atom. The van der Waals surface area contributed by atoms with Crippen molar-refractivity contribution in [2.24, 2.45) is 5.73 Å². The van der Waals surface area contributed by atoms with Gasteiger partial charge in [-0.2, -0.15) is 0 Å². The van der Waals surface area contributed by atoms with Crippen LogP contribution in [0.1, 0.15) is 37.3 Å². The predicted octanol–water partition coefficient (Wildman–Crippen LogP) is 3.42. The van der Waals surface area contributed by atoms with Crippen LogP contribution >= 0.6 is 15.9 Å². The van der Waals surface area contributed by atoms with Crippen molar-refractivity contribution in [3.05, 3.63) is 28.2 Å². The molecule has 0 amide bonds. The molecule has 0 aromatic heterocycles. The minimum Gasteiger partial charge on any atom is -0.496 e. The first-order chi connectivity index (χ1) is 8.60. The third-order valence-electron chi connectivity index (χ3n) is 3.89. The molecule has 2 rings (SSSR count). The molecule has 1 aromatic carbocycles. The Hall–Kier alpha value is -0.580. The van der Waals surface area contributed by atoms with E-state index in [1.165, 1.54) is 6.42 Å². The highest BCUT2D eigenvalue weighted by molar-refractivity contribution is 9.10. The van der Waals surface area contributed by atoms with Gasteiger partial charge in [-0.05, 0) is 59.3 Å². The van der Waals surface area contributed by atoms with Crippen molar-refractivity contribution in [1.29, 1.82) is 0 Å². The minimum atomic E-state index is 0.00577. The molecule has 2 N–H and O–H groups in total. The molecule has 0 radical (unpaired) electrons. The first-order valence-electron chi connectivity index (χ1n) is 6.24. The fourth-order valence-electron chi connectivity index (χ4n) is 2.49. The van der Waals surface area contributed by atoms with Gasteiger partial charge in [0.05, 0.1) is 17.2 Å². The molecule has 1 unspecified atom stereocenters. The van der Waals surface area contributed by atoms with Gasteiger partial charge in [-0.25, -0.2) is 0 Å². The Balaban J connectivity index is 2.09. The lowest BCUT2D eigenvalue weighted by atomic mass is 9.75. The number of hydrogen-bond acceptors (Lipinski definition) is 3. The second-order valence-electron chi connectivity index (χ2n) is 4.95. The van der Waals surface area contributed by atoms with E-state index in [-0.39, 0.29) is 11.6 Å². The summed E-state index contributed by atoms with van der Waals surface area (Å²) < 4.78 is 11.8. The zero-order valence-corrected chi connectivity index (χ0v) is 12.5. The van der Waals surface area contributed by atoms with Crippen molar-refractivity contribution >= 4 is 15.9 Å². The largest absolute Gasteiger partial charge is 0.496 e. The molecule has 1 aliphatic carbocycles. The van der Waals surface area contributed by atoms with Crippen LogP contribution < -0.4 is 10.5 Å². The molecule has 1 saturated carbocycles. The van der Waals surface area contributed by atoms with Crippen LogP contribution in [0.25, 0.3) is 0 Å². The molecular formula is C14H20BrNO2. The third-order valence-corrected chi connectivity index (χ3v) is 4.51. The van der Waals surface area contributed by atoms with Crippen LogP contribution in [0.4, 0.5) is 0 Å². The standard InChI is InChI=1S/C14H20BrNO2/c1-17-13-5-4-10(8-11(13)15)12(16)9-14(18-2)6-3-7-14/h4-5,8,12H,3,6-7,9,16H2,1-2H3. The fraction of sp³-hybridized carbons (Fsp3) is 0.571. The van der Waals surface area contributed by atoms with E-state index in [1.807, 2.05) is 18.2 Å². The van der Waals surface area contributed by atoms with Gasteiger partial charge in [0.1, 0.15) is 5.75 Å². The molecule has 1 aromatic rings. The van der Waals surface area contributed by atoms with Gasteiger partial charge in [-0.15, -0.1) is 0 Å². The summed E-state index contributed by atoms with van der Waals surface area (Å²) in [6.07, 6.45) is 4.36. The first kappa shape index (κ1) is 13.8. The van der Waals surface area contributed by atoms with Gasteiger partial charge >= 0.3 is 0 Å². The number of methoxy groups -OCH3 is 2. The summed E-state index contributed by atoms with van der Waals surface area (Å²) in [7, 11) is 3.45. The first-order valence-corrected chi connectivity index (χ1v) is 7.04. The molecule has 1 aliphatic rings. The van der Waals surface area contributed by atoms with Crippen molar-refractivity contribution in [1.82, 2.24) is 0 Å². The fourth-order valence-corrected chi connectivity index (χ4v) is 3.05. The number of ether oxygens (including phenoxy) is 2. The number of benzene rings is 1. The number of hydrogen-bond donors (Lipinski definition) is 1. The molecule has 0 aliphatic heterocycles. The quantitative estimate of drug-likeness (QED) is 0.906. The Morgan fingerprint density at radius 2 is 2.11 bits per heavy atom. The van der Waals surface area contributed by atoms with Crippen molar-refractivity contribution < 1.29 is 9.47 Å². The molecule has 18 heavy (non-hydrogen) atoms. The summed E-state index contributed by atoms with van der Waals surface area (Å²) in [4.78, 5) is 0. The van der Waals surface area contributed by atoms with Gasteiger partial charge in [0, 0.05) is 13.2 Å². The second kappa shape index (κ2) is 5.59. The third kappa shape index (κ3) is 2.71. The summed E-state index contributed by atoms with van der Waals surface area (Å²) in [6, 6.07) is 6.01. The van der Waals surface area contributed by atoms with E-state index in [0.29, 0.717) is 0 Å². The van der Waals surface area contributed by atoms with E-state index in [2.05, 4.69) is 15.9 Å². The van der Waals surface area contributed by atoms with Gasteiger partial charge in [-0.3, -0.25) is 0 Å². The van der Waals surface area contributed by atoms with Crippen molar-refractivity contribution in [3.63, 3.8) is 0 Å². The monoisotopic (exact) mass is 313 g/mol. The van der Waals surface area contributed by atoms with E-state index in [9.17, 15) is 0 Å². The van der Waals surface area contributed by atoms with E-state index in [1.54, 1.807) is 14.2 Å². The summed E-state index contributed by atoms with van der Waals surface area (Å²) >= 11 is 3.49. The van der Waals surface area contributed by atoms with Crippen LogP contribution in [0, 0.1) is 0 Å². The Morgan fingerprint density at radius 1 is 1.39 bits per heavy atom. The van der Waals surface area contributed by atoms with Crippen molar-refractivity contribution in [2.45, 2.75) is 37.3 Å². The lowest BCUT2D eigenvalue weighted by Gasteiger charge is -2.42. The average molecular weight is 314 g/mol. The molecule has 0 saturated heterocycles. The van der Waals surface area contributed by atoms with Gasteiger partial charge in [-0.1, -0.05) is 6.07 Å². The topological polar surface area (TPSA) is 44.5 Å². The van der Waals surface area contributed by atoms with Crippen LogP contribution in [-0.2, 0) is 4.74 Å². The molecule has 0 spiro atoms. The molecule has 1 atom stereocenters. The normalized spacial score (nSPS) is 19.1. The lowest BCUT2D eigenvalue weighted by Crippen LogP contribution is -2.41. The van der Waals surface area contributed by atoms with Gasteiger partial charge in [0.15, 0.2) is 0 Å². The lowest BCUT2D eigenvalue weighted by molar-refractivity contribution is -0.0817. The van der Waals surface area contributed by atoms with Crippen LogP contribution in [-0.4, -0.2) is 19.8 Å². The van der Waals surface area contributed by atoms with Gasteiger partial charge < -0.3 is 15.2 Å². The highest BCUT2D eigenvalue weighted by Gasteiger charge is 2.38. The summed E-state index contributed by atoms with van der Waals surface area (Å²) in [5.74, 6) is 0.830. The molecule has 0 bridgehead atoms. The van der Waals surface area contributed by atoms with E-state index < -0.39 is 0 Å². The maximum atomic E-state index is 6.28. The smallest absolute Gasteiger partial charge is 0.133 e. The zero-order valence-electron chi connectivity index (χ0n) is 10.9. The number of halogens is 1. The average Bonchev–Trinajstić information content (AvgIpc) is 2.33. The maximum absolute atomic E-state index is 6.28. The maximum Gasteiger partial charge on any atom is 0.133 e. The Labute approximate surface area is 117 Å². The van der Waals surface area contributed by atoms with Crippen LogP contribution in [0.3, 0.4) is 0 Å². The van der Waals surface area contributed by atoms with E-state index in [0.717, 1.165) is 35.0 Å². The van der Waals surface area contributed by atoms with Crippen LogP contribution in [0.5, 0.6) is 5.75 Å². The summed E-state index contributed by atoms with van der Waals surface area (Å²) in [6.45, 7) is 0. The molecule has 1 fully saturated rings. The number of nitrogens with two attached hydrogens (primary N) is 1. The number of rotatable bonds is 5. The SMILES string of the molecule is COc1ccc(C(N)CC2(OC)CCC2)cc1Br. The zero-order chi connectivity index (χ0) is 13.2. The highest BCUT2D eigenvalue weighted by atomic mass is 79.9. The molecule has 100 valence electrons. The second-order valence-corrected chi connectivity index (χ2v) is 5.80. The highest BCUT2D eigenvalue weighted by Crippen LogP contribution is 2.41. The van der Waals surface area contributed by atoms with Gasteiger partial charge in [0.25, 0.3) is 0 Å². The van der Waals surface area contributed by atoms with E-state index >= 15 is 0 Å². The predicted molar refractivity (Wildman–Crippen MR) is 75.8 cm³/mol. The molecule has 4 heteroatoms. The van der Waals surface area contributed by atoms with Crippen molar-refractivity contribution in [2.75, 3.05) is 14.2 Å². The minimum absolute atomic E-state index is 0.00577. The molecule has 0 heterocycles. The van der Waals surface area contributed by atoms with Crippen LogP contribution in [0.15, 0.2) is 22.7 Å². The Bertz CT molecular complexity index is 413. The van der Waals surface area contributed by atoms with Crippen molar-refractivity contribution in [3.8, 4) is 5.75 Å². The summed E-state index contributed by atoms with van der Waals surface area (Å²) in [5.41, 5.74) is 7.41. The Kier molecular flexibility index (Phi) is 4.30. The van der Waals surface area contributed by atoms with Crippen LogP contribution in [0.2, 0.25) is 0 Å².